The summed E-state index contributed by atoms with van der Waals surface area (Å²) < 4.78 is 32.4. The van der Waals surface area contributed by atoms with Crippen molar-refractivity contribution in [1.29, 1.82) is 0 Å². The van der Waals surface area contributed by atoms with Crippen molar-refractivity contribution < 1.29 is 12.8 Å². The van der Waals surface area contributed by atoms with E-state index in [4.69, 9.17) is 4.42 Å². The maximum Gasteiger partial charge on any atom is 0.241 e. The standard InChI is InChI=1S/C14H13N3O3S/c1-10-17-13-8-12(5-6-14(13)20-10)21(18,19)16-9-11-4-2-3-7-15-11/h2-8,16H,9H2,1H3. The Morgan fingerprint density at radius 3 is 2.86 bits per heavy atom. The average molecular weight is 303 g/mol. The van der Waals surface area contributed by atoms with Gasteiger partial charge in [-0.05, 0) is 30.3 Å². The van der Waals surface area contributed by atoms with Gasteiger partial charge in [-0.3, -0.25) is 4.98 Å². The van der Waals surface area contributed by atoms with Gasteiger partial charge in [-0.2, -0.15) is 0 Å². The highest BCUT2D eigenvalue weighted by Gasteiger charge is 2.16. The number of hydrogen-bond acceptors (Lipinski definition) is 5. The van der Waals surface area contributed by atoms with Crippen LogP contribution in [-0.2, 0) is 16.6 Å². The van der Waals surface area contributed by atoms with Crippen molar-refractivity contribution in [2.75, 3.05) is 0 Å². The van der Waals surface area contributed by atoms with E-state index >= 15 is 0 Å². The van der Waals surface area contributed by atoms with Gasteiger partial charge in [-0.15, -0.1) is 0 Å². The van der Waals surface area contributed by atoms with E-state index in [-0.39, 0.29) is 11.4 Å². The number of pyridine rings is 1. The molecule has 0 spiro atoms. The average Bonchev–Trinajstić information content (AvgIpc) is 2.85. The quantitative estimate of drug-likeness (QED) is 0.797. The molecule has 0 saturated carbocycles. The molecule has 1 N–H and O–H groups in total. The van der Waals surface area contributed by atoms with Crippen molar-refractivity contribution in [2.24, 2.45) is 0 Å². The number of benzene rings is 1. The summed E-state index contributed by atoms with van der Waals surface area (Å²) in [4.78, 5) is 8.36. The lowest BCUT2D eigenvalue weighted by Gasteiger charge is -2.06. The third-order valence-electron chi connectivity index (χ3n) is 2.95. The Balaban J connectivity index is 1.85. The molecule has 0 amide bonds. The van der Waals surface area contributed by atoms with Crippen LogP contribution in [0.2, 0.25) is 0 Å². The number of hydrogen-bond donors (Lipinski definition) is 1. The van der Waals surface area contributed by atoms with Gasteiger partial charge < -0.3 is 4.42 Å². The fraction of sp³-hybridized carbons (Fsp3) is 0.143. The van der Waals surface area contributed by atoms with Crippen LogP contribution in [0.5, 0.6) is 0 Å². The Kier molecular flexibility index (Phi) is 3.44. The van der Waals surface area contributed by atoms with E-state index in [0.29, 0.717) is 22.7 Å². The molecule has 6 nitrogen and oxygen atoms in total. The van der Waals surface area contributed by atoms with Crippen LogP contribution in [0.25, 0.3) is 11.1 Å². The number of nitrogens with one attached hydrogen (secondary N) is 1. The van der Waals surface area contributed by atoms with Gasteiger partial charge in [0.25, 0.3) is 0 Å². The minimum absolute atomic E-state index is 0.138. The Labute approximate surface area is 121 Å². The number of rotatable bonds is 4. The summed E-state index contributed by atoms with van der Waals surface area (Å²) in [5.41, 5.74) is 1.74. The summed E-state index contributed by atoms with van der Waals surface area (Å²) >= 11 is 0. The number of aromatic nitrogens is 2. The molecule has 7 heteroatoms. The van der Waals surface area contributed by atoms with Gasteiger partial charge in [0.1, 0.15) is 5.52 Å². The second-order valence-corrected chi connectivity index (χ2v) is 6.27. The van der Waals surface area contributed by atoms with Crippen molar-refractivity contribution in [3.05, 3.63) is 54.2 Å². The molecular weight excluding hydrogens is 290 g/mol. The van der Waals surface area contributed by atoms with Gasteiger partial charge in [0.15, 0.2) is 11.5 Å². The maximum absolute atomic E-state index is 12.3. The molecule has 1 aromatic carbocycles. The van der Waals surface area contributed by atoms with Gasteiger partial charge in [0.05, 0.1) is 17.1 Å². The normalized spacial score (nSPS) is 11.9. The zero-order valence-corrected chi connectivity index (χ0v) is 12.1. The second-order valence-electron chi connectivity index (χ2n) is 4.51. The summed E-state index contributed by atoms with van der Waals surface area (Å²) in [6, 6.07) is 9.93. The summed E-state index contributed by atoms with van der Waals surface area (Å²) in [5, 5.41) is 0. The zero-order chi connectivity index (χ0) is 14.9. The molecular formula is C14H13N3O3S. The van der Waals surface area contributed by atoms with Crippen LogP contribution in [0.4, 0.5) is 0 Å². The van der Waals surface area contributed by atoms with Crippen molar-refractivity contribution in [3.8, 4) is 0 Å². The summed E-state index contributed by atoms with van der Waals surface area (Å²) in [6.07, 6.45) is 1.62. The third-order valence-corrected chi connectivity index (χ3v) is 4.34. The van der Waals surface area contributed by atoms with Crippen molar-refractivity contribution in [2.45, 2.75) is 18.4 Å². The number of sulfonamides is 1. The SMILES string of the molecule is Cc1nc2cc(S(=O)(=O)NCc3ccccn3)ccc2o1. The first-order valence-corrected chi connectivity index (χ1v) is 7.80. The predicted octanol–water partition coefficient (Wildman–Crippen LogP) is 2.01. The molecule has 2 heterocycles. The van der Waals surface area contributed by atoms with Crippen LogP contribution in [-0.4, -0.2) is 18.4 Å². The fourth-order valence-electron chi connectivity index (χ4n) is 1.94. The molecule has 108 valence electrons. The molecule has 0 aliphatic heterocycles. The fourth-order valence-corrected chi connectivity index (χ4v) is 2.96. The number of aryl methyl sites for hydroxylation is 1. The van der Waals surface area contributed by atoms with Crippen LogP contribution in [0, 0.1) is 6.92 Å². The van der Waals surface area contributed by atoms with E-state index in [2.05, 4.69) is 14.7 Å². The Morgan fingerprint density at radius 1 is 1.24 bits per heavy atom. The molecule has 2 aromatic heterocycles. The first kappa shape index (κ1) is 13.7. The predicted molar refractivity (Wildman–Crippen MR) is 77.0 cm³/mol. The largest absolute Gasteiger partial charge is 0.441 e. The highest BCUT2D eigenvalue weighted by Crippen LogP contribution is 2.19. The highest BCUT2D eigenvalue weighted by molar-refractivity contribution is 7.89. The molecule has 3 aromatic rings. The zero-order valence-electron chi connectivity index (χ0n) is 11.3. The topological polar surface area (TPSA) is 85.1 Å². The van der Waals surface area contributed by atoms with E-state index in [1.165, 1.54) is 12.1 Å². The summed E-state index contributed by atoms with van der Waals surface area (Å²) in [7, 11) is -3.61. The molecule has 3 rings (SSSR count). The van der Waals surface area contributed by atoms with Crippen LogP contribution < -0.4 is 4.72 Å². The van der Waals surface area contributed by atoms with Gasteiger partial charge in [0.2, 0.25) is 10.0 Å². The molecule has 0 fully saturated rings. The summed E-state index contributed by atoms with van der Waals surface area (Å²) in [6.45, 7) is 1.85. The highest BCUT2D eigenvalue weighted by atomic mass is 32.2. The number of fused-ring (bicyclic) bond motifs is 1. The lowest BCUT2D eigenvalue weighted by Crippen LogP contribution is -2.23. The Hall–Kier alpha value is -2.25. The molecule has 21 heavy (non-hydrogen) atoms. The van der Waals surface area contributed by atoms with Gasteiger partial charge in [-0.25, -0.2) is 18.1 Å². The van der Waals surface area contributed by atoms with Crippen molar-refractivity contribution >= 4 is 21.1 Å². The molecule has 0 atom stereocenters. The van der Waals surface area contributed by atoms with Crippen LogP contribution in [0.1, 0.15) is 11.6 Å². The van der Waals surface area contributed by atoms with E-state index < -0.39 is 10.0 Å². The molecule has 0 aliphatic carbocycles. The van der Waals surface area contributed by atoms with E-state index in [1.807, 2.05) is 0 Å². The first-order valence-electron chi connectivity index (χ1n) is 6.31. The molecule has 0 bridgehead atoms. The van der Waals surface area contributed by atoms with E-state index in [1.54, 1.807) is 37.4 Å². The van der Waals surface area contributed by atoms with Crippen LogP contribution in [0.3, 0.4) is 0 Å². The van der Waals surface area contributed by atoms with Gasteiger partial charge >= 0.3 is 0 Å². The Morgan fingerprint density at radius 2 is 2.10 bits per heavy atom. The smallest absolute Gasteiger partial charge is 0.241 e. The van der Waals surface area contributed by atoms with Crippen molar-refractivity contribution in [3.63, 3.8) is 0 Å². The number of nitrogens with zero attached hydrogens (tertiary/aromatic N) is 2. The molecule has 0 saturated heterocycles. The summed E-state index contributed by atoms with van der Waals surface area (Å²) in [5.74, 6) is 0.501. The van der Waals surface area contributed by atoms with E-state index in [9.17, 15) is 8.42 Å². The third kappa shape index (κ3) is 2.93. The Bertz CT molecular complexity index is 873. The lowest BCUT2D eigenvalue weighted by molar-refractivity contribution is 0.561. The minimum atomic E-state index is -3.61. The number of oxazole rings is 1. The monoisotopic (exact) mass is 303 g/mol. The lowest BCUT2D eigenvalue weighted by atomic mass is 10.3. The van der Waals surface area contributed by atoms with Gasteiger partial charge in [0, 0.05) is 13.1 Å². The maximum atomic E-state index is 12.3. The van der Waals surface area contributed by atoms with Crippen molar-refractivity contribution in [1.82, 2.24) is 14.7 Å². The molecule has 0 unspecified atom stereocenters. The molecule has 0 aliphatic rings. The minimum Gasteiger partial charge on any atom is -0.441 e. The first-order chi connectivity index (χ1) is 10.0. The van der Waals surface area contributed by atoms with E-state index in [0.717, 1.165) is 0 Å². The second kappa shape index (κ2) is 5.27. The van der Waals surface area contributed by atoms with Crippen LogP contribution in [0.15, 0.2) is 51.9 Å². The molecule has 0 radical (unpaired) electrons. The van der Waals surface area contributed by atoms with Crippen LogP contribution >= 0.6 is 0 Å². The van der Waals surface area contributed by atoms with Gasteiger partial charge in [-0.1, -0.05) is 6.07 Å².